The van der Waals surface area contributed by atoms with Crippen molar-refractivity contribution in [3.05, 3.63) is 0 Å². The van der Waals surface area contributed by atoms with Crippen molar-refractivity contribution in [2.24, 2.45) is 5.92 Å². The van der Waals surface area contributed by atoms with Crippen LogP contribution < -0.4 is 0 Å². The standard InChI is InChI=1S/C6H15O2P/c1-3-6(4-7-2)5-8-9/h6H,3-5,9H2,1-2H3. The maximum Gasteiger partial charge on any atom is 0.0552 e. The van der Waals surface area contributed by atoms with E-state index >= 15 is 0 Å². The second-order valence-corrected chi connectivity index (χ2v) is 2.40. The van der Waals surface area contributed by atoms with E-state index in [2.05, 4.69) is 16.4 Å². The van der Waals surface area contributed by atoms with Crippen LogP contribution in [0.2, 0.25) is 0 Å². The predicted molar refractivity (Wildman–Crippen MR) is 41.3 cm³/mol. The molecule has 2 unspecified atom stereocenters. The van der Waals surface area contributed by atoms with Gasteiger partial charge in [-0.25, -0.2) is 0 Å². The summed E-state index contributed by atoms with van der Waals surface area (Å²) in [4.78, 5) is 0. The van der Waals surface area contributed by atoms with E-state index in [0.29, 0.717) is 5.92 Å². The molecule has 9 heavy (non-hydrogen) atoms. The van der Waals surface area contributed by atoms with Crippen LogP contribution in [-0.4, -0.2) is 20.3 Å². The van der Waals surface area contributed by atoms with Crippen molar-refractivity contribution in [1.82, 2.24) is 0 Å². The first-order valence-electron chi connectivity index (χ1n) is 3.15. The highest BCUT2D eigenvalue weighted by molar-refractivity contribution is 7.09. The van der Waals surface area contributed by atoms with Crippen molar-refractivity contribution in [3.8, 4) is 0 Å². The van der Waals surface area contributed by atoms with Crippen LogP contribution in [0.4, 0.5) is 0 Å². The lowest BCUT2D eigenvalue weighted by Gasteiger charge is -2.10. The normalized spacial score (nSPS) is 13.7. The Morgan fingerprint density at radius 1 is 1.44 bits per heavy atom. The molecule has 0 heterocycles. The monoisotopic (exact) mass is 150 g/mol. The zero-order chi connectivity index (χ0) is 7.11. The van der Waals surface area contributed by atoms with Gasteiger partial charge in [0.05, 0.1) is 13.2 Å². The van der Waals surface area contributed by atoms with Crippen LogP contribution in [0.25, 0.3) is 0 Å². The Morgan fingerprint density at radius 2 is 2.11 bits per heavy atom. The molecule has 2 atom stereocenters. The van der Waals surface area contributed by atoms with E-state index in [4.69, 9.17) is 9.26 Å². The smallest absolute Gasteiger partial charge is 0.0552 e. The number of hydrogen-bond donors (Lipinski definition) is 0. The van der Waals surface area contributed by atoms with Gasteiger partial charge in [0.2, 0.25) is 0 Å². The summed E-state index contributed by atoms with van der Waals surface area (Å²) in [6.07, 6.45) is 1.11. The van der Waals surface area contributed by atoms with Gasteiger partial charge in [-0.1, -0.05) is 6.92 Å². The van der Waals surface area contributed by atoms with Crippen molar-refractivity contribution in [2.75, 3.05) is 20.3 Å². The Bertz CT molecular complexity index is 53.0. The Hall–Kier alpha value is 0.350. The van der Waals surface area contributed by atoms with Crippen LogP contribution in [-0.2, 0) is 9.26 Å². The van der Waals surface area contributed by atoms with Gasteiger partial charge >= 0.3 is 0 Å². The molecule has 0 fully saturated rings. The van der Waals surface area contributed by atoms with Crippen LogP contribution >= 0.6 is 9.47 Å². The Labute approximate surface area is 59.2 Å². The summed E-state index contributed by atoms with van der Waals surface area (Å²) >= 11 is 0. The van der Waals surface area contributed by atoms with Crippen LogP contribution in [0, 0.1) is 5.92 Å². The van der Waals surface area contributed by atoms with Gasteiger partial charge in [-0.2, -0.15) is 0 Å². The summed E-state index contributed by atoms with van der Waals surface area (Å²) in [5, 5.41) is 0. The van der Waals surface area contributed by atoms with Gasteiger partial charge in [0.25, 0.3) is 0 Å². The van der Waals surface area contributed by atoms with Crippen molar-refractivity contribution in [1.29, 1.82) is 0 Å². The molecule has 0 saturated carbocycles. The molecular weight excluding hydrogens is 135 g/mol. The van der Waals surface area contributed by atoms with Crippen molar-refractivity contribution >= 4 is 9.47 Å². The molecule has 3 heteroatoms. The molecule has 0 aliphatic carbocycles. The third-order valence-electron chi connectivity index (χ3n) is 1.31. The van der Waals surface area contributed by atoms with Crippen LogP contribution in [0.5, 0.6) is 0 Å². The molecule has 0 radical (unpaired) electrons. The number of rotatable bonds is 5. The summed E-state index contributed by atoms with van der Waals surface area (Å²) in [5.41, 5.74) is 0. The van der Waals surface area contributed by atoms with E-state index in [1.165, 1.54) is 0 Å². The van der Waals surface area contributed by atoms with Gasteiger partial charge in [0.15, 0.2) is 0 Å². The van der Waals surface area contributed by atoms with E-state index in [9.17, 15) is 0 Å². The SMILES string of the molecule is CCC(COC)COP. The molecule has 0 rings (SSSR count). The molecule has 0 aromatic carbocycles. The molecule has 0 aliphatic rings. The molecular formula is C6H15O2P. The van der Waals surface area contributed by atoms with E-state index in [1.54, 1.807) is 7.11 Å². The second kappa shape index (κ2) is 6.47. The summed E-state index contributed by atoms with van der Waals surface area (Å²) in [6, 6.07) is 0. The fourth-order valence-corrected chi connectivity index (χ4v) is 0.928. The molecule has 0 aliphatic heterocycles. The van der Waals surface area contributed by atoms with Crippen molar-refractivity contribution < 1.29 is 9.26 Å². The van der Waals surface area contributed by atoms with Crippen molar-refractivity contribution in [2.45, 2.75) is 13.3 Å². The van der Waals surface area contributed by atoms with Gasteiger partial charge in [-0.15, -0.1) is 0 Å². The maximum absolute atomic E-state index is 4.96. The number of hydrogen-bond acceptors (Lipinski definition) is 2. The van der Waals surface area contributed by atoms with Gasteiger partial charge in [-0.3, -0.25) is 0 Å². The summed E-state index contributed by atoms with van der Waals surface area (Å²) in [5.74, 6) is 0.549. The van der Waals surface area contributed by atoms with Gasteiger partial charge in [0.1, 0.15) is 0 Å². The summed E-state index contributed by atoms with van der Waals surface area (Å²) < 4.78 is 9.84. The first-order valence-corrected chi connectivity index (χ1v) is 3.62. The zero-order valence-corrected chi connectivity index (χ0v) is 7.25. The van der Waals surface area contributed by atoms with Crippen LogP contribution in [0.1, 0.15) is 13.3 Å². The summed E-state index contributed by atoms with van der Waals surface area (Å²) in [7, 11) is 3.96. The third-order valence-corrected chi connectivity index (χ3v) is 1.50. The highest BCUT2D eigenvalue weighted by Gasteiger charge is 2.03. The molecule has 0 N–H and O–H groups in total. The van der Waals surface area contributed by atoms with E-state index in [1.807, 2.05) is 0 Å². The van der Waals surface area contributed by atoms with Crippen LogP contribution in [0.15, 0.2) is 0 Å². The maximum atomic E-state index is 4.96. The molecule has 56 valence electrons. The molecule has 2 nitrogen and oxygen atoms in total. The minimum Gasteiger partial charge on any atom is -0.384 e. The lowest BCUT2D eigenvalue weighted by molar-refractivity contribution is 0.122. The third kappa shape index (κ3) is 4.83. The lowest BCUT2D eigenvalue weighted by Crippen LogP contribution is -2.11. The highest BCUT2D eigenvalue weighted by Crippen LogP contribution is 2.04. The quantitative estimate of drug-likeness (QED) is 0.552. The first-order chi connectivity index (χ1) is 4.35. The molecule has 0 aromatic heterocycles. The van der Waals surface area contributed by atoms with E-state index in [0.717, 1.165) is 19.6 Å². The fourth-order valence-electron chi connectivity index (χ4n) is 0.656. The average molecular weight is 150 g/mol. The molecule has 0 bridgehead atoms. The fraction of sp³-hybridized carbons (Fsp3) is 1.00. The highest BCUT2D eigenvalue weighted by atomic mass is 31.0. The minimum atomic E-state index is 0.549. The van der Waals surface area contributed by atoms with Gasteiger partial charge < -0.3 is 9.26 Å². The topological polar surface area (TPSA) is 18.5 Å². The molecule has 0 spiro atoms. The zero-order valence-electron chi connectivity index (χ0n) is 6.09. The van der Waals surface area contributed by atoms with Gasteiger partial charge in [0, 0.05) is 22.5 Å². The predicted octanol–water partition coefficient (Wildman–Crippen LogP) is 1.47. The van der Waals surface area contributed by atoms with E-state index < -0.39 is 0 Å². The Balaban J connectivity index is 3.18. The largest absolute Gasteiger partial charge is 0.384 e. The van der Waals surface area contributed by atoms with E-state index in [-0.39, 0.29) is 0 Å². The second-order valence-electron chi connectivity index (χ2n) is 2.06. The average Bonchev–Trinajstić information content (AvgIpc) is 1.88. The Kier molecular flexibility index (Phi) is 6.72. The molecule has 0 aromatic rings. The van der Waals surface area contributed by atoms with Crippen molar-refractivity contribution in [3.63, 3.8) is 0 Å². The molecule has 0 amide bonds. The van der Waals surface area contributed by atoms with Gasteiger partial charge in [-0.05, 0) is 6.42 Å². The number of methoxy groups -OCH3 is 1. The lowest BCUT2D eigenvalue weighted by atomic mass is 10.1. The Morgan fingerprint density at radius 3 is 2.44 bits per heavy atom. The summed E-state index contributed by atoms with van der Waals surface area (Å²) in [6.45, 7) is 3.70. The molecule has 0 saturated heterocycles. The minimum absolute atomic E-state index is 0.549. The first kappa shape index (κ1) is 9.35. The van der Waals surface area contributed by atoms with Crippen LogP contribution in [0.3, 0.4) is 0 Å². The number of ether oxygens (including phenoxy) is 1.